The molecule has 5 rings (SSSR count). The Balaban J connectivity index is 1.43. The molecular formula is C24H28N4O2S. The largest absolute Gasteiger partial charge is 0.369 e. The Bertz CT molecular complexity index is 1030. The number of thiazole rings is 1. The van der Waals surface area contributed by atoms with E-state index in [1.165, 1.54) is 49.9 Å². The van der Waals surface area contributed by atoms with Crippen LogP contribution in [0.4, 0.5) is 5.13 Å². The molecule has 0 bridgehead atoms. The van der Waals surface area contributed by atoms with E-state index in [9.17, 15) is 4.79 Å². The van der Waals surface area contributed by atoms with Crippen LogP contribution in [0.1, 0.15) is 60.7 Å². The number of aromatic nitrogens is 2. The van der Waals surface area contributed by atoms with Crippen LogP contribution in [-0.2, 0) is 4.74 Å². The Morgan fingerprint density at radius 3 is 2.81 bits per heavy atom. The van der Waals surface area contributed by atoms with Gasteiger partial charge in [-0.1, -0.05) is 43.9 Å². The van der Waals surface area contributed by atoms with Gasteiger partial charge in [-0.2, -0.15) is 0 Å². The molecule has 1 N–H and O–H groups in total. The quantitative estimate of drug-likeness (QED) is 0.581. The SMILES string of the molecule is O=C(Nc1nccs1)c1cc(C2CN(C3CCCCCC3)CCO2)nc2ccccc12. The van der Waals surface area contributed by atoms with Crippen molar-refractivity contribution in [3.05, 3.63) is 53.2 Å². The maximum atomic E-state index is 13.1. The molecule has 2 aliphatic rings. The lowest BCUT2D eigenvalue weighted by atomic mass is 10.0. The van der Waals surface area contributed by atoms with Gasteiger partial charge in [0.1, 0.15) is 6.10 Å². The van der Waals surface area contributed by atoms with Crippen molar-refractivity contribution in [3.8, 4) is 0 Å². The summed E-state index contributed by atoms with van der Waals surface area (Å²) in [5, 5.41) is 6.21. The molecule has 162 valence electrons. The highest BCUT2D eigenvalue weighted by molar-refractivity contribution is 7.13. The van der Waals surface area contributed by atoms with Crippen LogP contribution in [0.5, 0.6) is 0 Å². The maximum absolute atomic E-state index is 13.1. The molecule has 1 aliphatic heterocycles. The number of amides is 1. The molecule has 1 saturated carbocycles. The summed E-state index contributed by atoms with van der Waals surface area (Å²) in [6.07, 6.45) is 9.48. The van der Waals surface area contributed by atoms with E-state index >= 15 is 0 Å². The number of ether oxygens (including phenoxy) is 1. The molecule has 1 saturated heterocycles. The molecule has 7 heteroatoms. The van der Waals surface area contributed by atoms with Crippen molar-refractivity contribution in [1.82, 2.24) is 14.9 Å². The monoisotopic (exact) mass is 436 g/mol. The molecule has 1 aliphatic carbocycles. The zero-order valence-corrected chi connectivity index (χ0v) is 18.4. The molecule has 3 aromatic rings. The van der Waals surface area contributed by atoms with E-state index in [4.69, 9.17) is 9.72 Å². The number of anilines is 1. The van der Waals surface area contributed by atoms with Crippen molar-refractivity contribution in [2.24, 2.45) is 0 Å². The van der Waals surface area contributed by atoms with Crippen LogP contribution < -0.4 is 5.32 Å². The number of benzene rings is 1. The average Bonchev–Trinajstić information content (AvgIpc) is 3.17. The zero-order chi connectivity index (χ0) is 21.0. The number of morpholine rings is 1. The molecule has 1 atom stereocenters. The topological polar surface area (TPSA) is 67.4 Å². The van der Waals surface area contributed by atoms with Crippen LogP contribution in [-0.4, -0.2) is 46.5 Å². The smallest absolute Gasteiger partial charge is 0.258 e. The first kappa shape index (κ1) is 20.5. The summed E-state index contributed by atoms with van der Waals surface area (Å²) < 4.78 is 6.16. The Morgan fingerprint density at radius 1 is 1.16 bits per heavy atom. The average molecular weight is 437 g/mol. The van der Waals surface area contributed by atoms with E-state index in [2.05, 4.69) is 15.2 Å². The molecule has 2 fully saturated rings. The third-order valence-corrected chi connectivity index (χ3v) is 7.09. The fraction of sp³-hybridized carbons (Fsp3) is 0.458. The van der Waals surface area contributed by atoms with Gasteiger partial charge in [0, 0.05) is 36.1 Å². The van der Waals surface area contributed by atoms with Crippen LogP contribution in [0, 0.1) is 0 Å². The minimum absolute atomic E-state index is 0.118. The number of rotatable bonds is 4. The van der Waals surface area contributed by atoms with E-state index < -0.39 is 0 Å². The van der Waals surface area contributed by atoms with Gasteiger partial charge in [0.2, 0.25) is 0 Å². The summed E-state index contributed by atoms with van der Waals surface area (Å²) >= 11 is 1.41. The van der Waals surface area contributed by atoms with Gasteiger partial charge >= 0.3 is 0 Å². The van der Waals surface area contributed by atoms with Crippen molar-refractivity contribution in [1.29, 1.82) is 0 Å². The predicted octanol–water partition coefficient (Wildman–Crippen LogP) is 5.04. The number of para-hydroxylation sites is 1. The van der Waals surface area contributed by atoms with E-state index in [1.54, 1.807) is 6.20 Å². The van der Waals surface area contributed by atoms with Crippen molar-refractivity contribution >= 4 is 33.3 Å². The van der Waals surface area contributed by atoms with Gasteiger partial charge in [-0.3, -0.25) is 15.0 Å². The normalized spacial score (nSPS) is 21.1. The summed E-state index contributed by atoms with van der Waals surface area (Å²) in [6, 6.07) is 10.4. The van der Waals surface area contributed by atoms with Gasteiger partial charge in [-0.05, 0) is 25.0 Å². The number of carbonyl (C=O) groups is 1. The number of nitrogens with zero attached hydrogens (tertiary/aromatic N) is 3. The molecule has 1 amide bonds. The van der Waals surface area contributed by atoms with Crippen molar-refractivity contribution < 1.29 is 9.53 Å². The van der Waals surface area contributed by atoms with E-state index in [0.717, 1.165) is 29.7 Å². The highest BCUT2D eigenvalue weighted by atomic mass is 32.1. The van der Waals surface area contributed by atoms with Gasteiger partial charge < -0.3 is 4.74 Å². The number of pyridine rings is 1. The number of nitrogens with one attached hydrogen (secondary N) is 1. The highest BCUT2D eigenvalue weighted by Gasteiger charge is 2.29. The fourth-order valence-electron chi connectivity index (χ4n) is 4.80. The van der Waals surface area contributed by atoms with E-state index in [0.29, 0.717) is 23.3 Å². The van der Waals surface area contributed by atoms with Crippen LogP contribution in [0.15, 0.2) is 41.9 Å². The molecule has 3 heterocycles. The van der Waals surface area contributed by atoms with Crippen LogP contribution >= 0.6 is 11.3 Å². The predicted molar refractivity (Wildman–Crippen MR) is 124 cm³/mol. The molecule has 0 radical (unpaired) electrons. The summed E-state index contributed by atoms with van der Waals surface area (Å²) in [5.41, 5.74) is 2.27. The van der Waals surface area contributed by atoms with Gasteiger partial charge in [0.25, 0.3) is 5.91 Å². The second kappa shape index (κ2) is 9.42. The standard InChI is InChI=1S/C24H28N4O2S/c29-23(27-24-25-11-14-31-24)19-15-21(26-20-10-6-5-9-18(19)20)22-16-28(12-13-30-22)17-7-3-1-2-4-8-17/h5-6,9-11,14-15,17,22H,1-4,7-8,12-13,16H2,(H,25,27,29). The molecule has 31 heavy (non-hydrogen) atoms. The summed E-state index contributed by atoms with van der Waals surface area (Å²) in [4.78, 5) is 24.8. The summed E-state index contributed by atoms with van der Waals surface area (Å²) in [7, 11) is 0. The van der Waals surface area contributed by atoms with Crippen molar-refractivity contribution in [2.45, 2.75) is 50.7 Å². The van der Waals surface area contributed by atoms with Crippen molar-refractivity contribution in [2.75, 3.05) is 25.0 Å². The number of hydrogen-bond donors (Lipinski definition) is 1. The third-order valence-electron chi connectivity index (χ3n) is 6.40. The number of hydrogen-bond acceptors (Lipinski definition) is 6. The minimum Gasteiger partial charge on any atom is -0.369 e. The molecule has 0 spiro atoms. The number of fused-ring (bicyclic) bond motifs is 1. The molecular weight excluding hydrogens is 408 g/mol. The first-order chi connectivity index (χ1) is 15.3. The molecule has 2 aromatic heterocycles. The van der Waals surface area contributed by atoms with E-state index in [1.807, 2.05) is 35.7 Å². The minimum atomic E-state index is -0.161. The molecule has 1 unspecified atom stereocenters. The lowest BCUT2D eigenvalue weighted by Crippen LogP contribution is -2.44. The third kappa shape index (κ3) is 4.63. The Kier molecular flexibility index (Phi) is 6.25. The molecule has 6 nitrogen and oxygen atoms in total. The maximum Gasteiger partial charge on any atom is 0.258 e. The van der Waals surface area contributed by atoms with Crippen LogP contribution in [0.25, 0.3) is 10.9 Å². The van der Waals surface area contributed by atoms with Crippen LogP contribution in [0.3, 0.4) is 0 Å². The Hall–Kier alpha value is -2.35. The lowest BCUT2D eigenvalue weighted by molar-refractivity contribution is -0.0487. The fourth-order valence-corrected chi connectivity index (χ4v) is 5.32. The van der Waals surface area contributed by atoms with Gasteiger partial charge in [0.15, 0.2) is 5.13 Å². The van der Waals surface area contributed by atoms with Gasteiger partial charge in [-0.25, -0.2) is 9.97 Å². The van der Waals surface area contributed by atoms with Gasteiger partial charge in [0.05, 0.1) is 23.4 Å². The van der Waals surface area contributed by atoms with E-state index in [-0.39, 0.29) is 12.0 Å². The number of carbonyl (C=O) groups excluding carboxylic acids is 1. The second-order valence-electron chi connectivity index (χ2n) is 8.40. The summed E-state index contributed by atoms with van der Waals surface area (Å²) in [5.74, 6) is -0.161. The molecule has 1 aromatic carbocycles. The zero-order valence-electron chi connectivity index (χ0n) is 17.6. The Morgan fingerprint density at radius 2 is 2.00 bits per heavy atom. The van der Waals surface area contributed by atoms with Crippen molar-refractivity contribution in [3.63, 3.8) is 0 Å². The lowest BCUT2D eigenvalue weighted by Gasteiger charge is -2.38. The summed E-state index contributed by atoms with van der Waals surface area (Å²) in [6.45, 7) is 2.52. The first-order valence-electron chi connectivity index (χ1n) is 11.2. The van der Waals surface area contributed by atoms with Crippen LogP contribution in [0.2, 0.25) is 0 Å². The highest BCUT2D eigenvalue weighted by Crippen LogP contribution is 2.30. The second-order valence-corrected chi connectivity index (χ2v) is 9.30. The van der Waals surface area contributed by atoms with Gasteiger partial charge in [-0.15, -0.1) is 11.3 Å². The first-order valence-corrected chi connectivity index (χ1v) is 12.1. The Labute approximate surface area is 186 Å².